The third-order valence-corrected chi connectivity index (χ3v) is 4.30. The molecule has 1 fully saturated rings. The molecule has 0 saturated carbocycles. The Balaban J connectivity index is 0.000000433. The minimum absolute atomic E-state index is 0.623. The highest BCUT2D eigenvalue weighted by atomic mass is 15.0. The fourth-order valence-corrected chi connectivity index (χ4v) is 2.68. The number of aryl methyl sites for hydroxylation is 1. The maximum absolute atomic E-state index is 4.51. The molecule has 4 heteroatoms. The quantitative estimate of drug-likeness (QED) is 0.889. The number of nitrogens with zero attached hydrogens (tertiary/aromatic N) is 2. The number of unbranched alkanes of at least 4 members (excludes halogenated alkanes) is 1. The maximum Gasteiger partial charge on any atom is 0.0767 e. The summed E-state index contributed by atoms with van der Waals surface area (Å²) in [6.45, 7) is 9.61. The van der Waals surface area contributed by atoms with Crippen LogP contribution >= 0.6 is 0 Å². The summed E-state index contributed by atoms with van der Waals surface area (Å²) in [5.41, 5.74) is 3.39. The molecule has 1 saturated heterocycles. The fourth-order valence-electron chi connectivity index (χ4n) is 2.68. The van der Waals surface area contributed by atoms with E-state index >= 15 is 0 Å². The highest BCUT2D eigenvalue weighted by Gasteiger charge is 2.13. The largest absolute Gasteiger partial charge is 0.315 e. The summed E-state index contributed by atoms with van der Waals surface area (Å²) in [4.78, 5) is 8.99. The van der Waals surface area contributed by atoms with E-state index in [4.69, 9.17) is 0 Å². The third-order valence-electron chi connectivity index (χ3n) is 4.30. The van der Waals surface area contributed by atoms with E-state index in [-0.39, 0.29) is 0 Å². The first-order valence-electron chi connectivity index (χ1n) is 8.89. The number of hydrogen-bond donors (Lipinski definition) is 2. The van der Waals surface area contributed by atoms with Gasteiger partial charge in [-0.3, -0.25) is 9.97 Å². The standard InChI is InChI=1S/C15H20N4.C4H10/c1-11-14-3-2-6-18-15(14)12(9-19-11)4-8-17-13-5-7-16-10-13;1-3-4-2/h2-3,6,9,13,16-17H,4-5,7-8,10H2,1H3;3-4H2,1-2H3. The lowest BCUT2D eigenvalue weighted by Gasteiger charge is -2.12. The van der Waals surface area contributed by atoms with Crippen LogP contribution in [0.4, 0.5) is 0 Å². The average Bonchev–Trinajstić information content (AvgIpc) is 3.11. The van der Waals surface area contributed by atoms with Gasteiger partial charge in [-0.15, -0.1) is 0 Å². The van der Waals surface area contributed by atoms with Crippen LogP contribution in [0.3, 0.4) is 0 Å². The summed E-state index contributed by atoms with van der Waals surface area (Å²) in [6, 6.07) is 4.70. The minimum atomic E-state index is 0.623. The Labute approximate surface area is 140 Å². The predicted molar refractivity (Wildman–Crippen MR) is 97.8 cm³/mol. The molecule has 0 bridgehead atoms. The molecule has 3 heterocycles. The molecule has 1 unspecified atom stereocenters. The van der Waals surface area contributed by atoms with Crippen LogP contribution in [0.15, 0.2) is 24.5 Å². The molecule has 0 amide bonds. The maximum atomic E-state index is 4.51. The normalized spacial score (nSPS) is 17.1. The zero-order valence-corrected chi connectivity index (χ0v) is 14.7. The molecule has 2 aromatic rings. The summed E-state index contributed by atoms with van der Waals surface area (Å²) in [5.74, 6) is 0. The summed E-state index contributed by atoms with van der Waals surface area (Å²) >= 11 is 0. The van der Waals surface area contributed by atoms with Crippen molar-refractivity contribution in [3.05, 3.63) is 35.8 Å². The summed E-state index contributed by atoms with van der Waals surface area (Å²) in [7, 11) is 0. The van der Waals surface area contributed by atoms with Crippen LogP contribution in [0.25, 0.3) is 10.9 Å². The van der Waals surface area contributed by atoms with Gasteiger partial charge in [0, 0.05) is 36.1 Å². The molecule has 23 heavy (non-hydrogen) atoms. The molecular formula is C19H30N4. The number of hydrogen-bond acceptors (Lipinski definition) is 4. The Morgan fingerprint density at radius 2 is 2.09 bits per heavy atom. The molecule has 1 aliphatic rings. The first kappa shape index (κ1) is 17.8. The Morgan fingerprint density at radius 1 is 1.26 bits per heavy atom. The number of aromatic nitrogens is 2. The molecule has 2 aromatic heterocycles. The van der Waals surface area contributed by atoms with Crippen molar-refractivity contribution < 1.29 is 0 Å². The molecular weight excluding hydrogens is 284 g/mol. The van der Waals surface area contributed by atoms with Gasteiger partial charge >= 0.3 is 0 Å². The molecule has 0 aromatic carbocycles. The minimum Gasteiger partial charge on any atom is -0.315 e. The third kappa shape index (κ3) is 5.26. The van der Waals surface area contributed by atoms with Gasteiger partial charge < -0.3 is 10.6 Å². The first-order chi connectivity index (χ1) is 11.3. The number of pyridine rings is 2. The van der Waals surface area contributed by atoms with Gasteiger partial charge in [-0.05, 0) is 50.6 Å². The van der Waals surface area contributed by atoms with Gasteiger partial charge in [0.1, 0.15) is 0 Å². The second-order valence-electron chi connectivity index (χ2n) is 6.16. The van der Waals surface area contributed by atoms with Crippen LogP contribution in [0.5, 0.6) is 0 Å². The van der Waals surface area contributed by atoms with E-state index in [1.807, 2.05) is 25.4 Å². The van der Waals surface area contributed by atoms with Crippen LogP contribution in [0.1, 0.15) is 44.4 Å². The second-order valence-corrected chi connectivity index (χ2v) is 6.16. The number of rotatable bonds is 5. The van der Waals surface area contributed by atoms with E-state index < -0.39 is 0 Å². The van der Waals surface area contributed by atoms with Crippen LogP contribution in [0, 0.1) is 6.92 Å². The molecule has 0 radical (unpaired) electrons. The number of nitrogens with one attached hydrogen (secondary N) is 2. The van der Waals surface area contributed by atoms with E-state index in [1.54, 1.807) is 0 Å². The second kappa shape index (κ2) is 9.58. The smallest absolute Gasteiger partial charge is 0.0767 e. The Hall–Kier alpha value is -1.52. The lowest BCUT2D eigenvalue weighted by molar-refractivity contribution is 0.550. The van der Waals surface area contributed by atoms with E-state index in [9.17, 15) is 0 Å². The van der Waals surface area contributed by atoms with Gasteiger partial charge in [0.25, 0.3) is 0 Å². The monoisotopic (exact) mass is 314 g/mol. The Kier molecular flexibility index (Phi) is 7.43. The van der Waals surface area contributed by atoms with Gasteiger partial charge in [0.05, 0.1) is 5.52 Å². The van der Waals surface area contributed by atoms with Crippen molar-refractivity contribution in [2.75, 3.05) is 19.6 Å². The zero-order chi connectivity index (χ0) is 16.5. The Morgan fingerprint density at radius 3 is 2.78 bits per heavy atom. The predicted octanol–water partition coefficient (Wildman–Crippen LogP) is 3.24. The van der Waals surface area contributed by atoms with Crippen molar-refractivity contribution in [3.63, 3.8) is 0 Å². The van der Waals surface area contributed by atoms with Crippen molar-refractivity contribution in [2.24, 2.45) is 0 Å². The van der Waals surface area contributed by atoms with Crippen LogP contribution in [0.2, 0.25) is 0 Å². The molecule has 4 nitrogen and oxygen atoms in total. The lowest BCUT2D eigenvalue weighted by Crippen LogP contribution is -2.32. The van der Waals surface area contributed by atoms with Crippen LogP contribution < -0.4 is 10.6 Å². The molecule has 126 valence electrons. The average molecular weight is 314 g/mol. The number of fused-ring (bicyclic) bond motifs is 1. The van der Waals surface area contributed by atoms with Crippen molar-refractivity contribution in [2.45, 2.75) is 52.5 Å². The van der Waals surface area contributed by atoms with Gasteiger partial charge in [-0.25, -0.2) is 0 Å². The molecule has 2 N–H and O–H groups in total. The molecule has 0 aliphatic carbocycles. The summed E-state index contributed by atoms with van der Waals surface area (Å²) in [5, 5.41) is 8.13. The molecule has 3 rings (SSSR count). The van der Waals surface area contributed by atoms with Crippen LogP contribution in [-0.2, 0) is 6.42 Å². The highest BCUT2D eigenvalue weighted by Crippen LogP contribution is 2.18. The highest BCUT2D eigenvalue weighted by molar-refractivity contribution is 5.83. The van der Waals surface area contributed by atoms with Crippen LogP contribution in [-0.4, -0.2) is 35.6 Å². The van der Waals surface area contributed by atoms with Gasteiger partial charge in [-0.1, -0.05) is 26.7 Å². The summed E-state index contributed by atoms with van der Waals surface area (Å²) < 4.78 is 0. The van der Waals surface area contributed by atoms with E-state index in [2.05, 4.69) is 40.5 Å². The zero-order valence-electron chi connectivity index (χ0n) is 14.7. The first-order valence-corrected chi connectivity index (χ1v) is 8.89. The molecule has 0 spiro atoms. The van der Waals surface area contributed by atoms with Gasteiger partial charge in [0.2, 0.25) is 0 Å². The summed E-state index contributed by atoms with van der Waals surface area (Å²) in [6.07, 6.45) is 8.68. The van der Waals surface area contributed by atoms with Gasteiger partial charge in [-0.2, -0.15) is 0 Å². The van der Waals surface area contributed by atoms with Crippen molar-refractivity contribution in [1.29, 1.82) is 0 Å². The van der Waals surface area contributed by atoms with Crippen molar-refractivity contribution >= 4 is 10.9 Å². The Bertz CT molecular complexity index is 589. The van der Waals surface area contributed by atoms with Gasteiger partial charge in [0.15, 0.2) is 0 Å². The van der Waals surface area contributed by atoms with E-state index in [1.165, 1.54) is 30.2 Å². The van der Waals surface area contributed by atoms with E-state index in [0.717, 1.165) is 37.3 Å². The topological polar surface area (TPSA) is 49.8 Å². The molecule has 1 atom stereocenters. The van der Waals surface area contributed by atoms with Crippen molar-refractivity contribution in [3.8, 4) is 0 Å². The lowest BCUT2D eigenvalue weighted by atomic mass is 10.1. The van der Waals surface area contributed by atoms with E-state index in [0.29, 0.717) is 6.04 Å². The van der Waals surface area contributed by atoms with Crippen molar-refractivity contribution in [1.82, 2.24) is 20.6 Å². The fraction of sp³-hybridized carbons (Fsp3) is 0.579. The SMILES string of the molecule is CCCC.Cc1ncc(CCNC2CCNC2)c2ncccc12. The molecule has 1 aliphatic heterocycles.